The normalized spacial score (nSPS) is 39.1. The van der Waals surface area contributed by atoms with Crippen LogP contribution in [0.15, 0.2) is 0 Å². The summed E-state index contributed by atoms with van der Waals surface area (Å²) in [5, 5.41) is 0. The van der Waals surface area contributed by atoms with Crippen LogP contribution in [0.1, 0.15) is 92.4 Å². The van der Waals surface area contributed by atoms with Crippen molar-refractivity contribution in [3.63, 3.8) is 0 Å². The van der Waals surface area contributed by atoms with Gasteiger partial charge in [-0.1, -0.05) is 53.9 Å². The number of hydrogen-bond donors (Lipinski definition) is 1. The summed E-state index contributed by atoms with van der Waals surface area (Å²) < 4.78 is 31.0. The van der Waals surface area contributed by atoms with Crippen molar-refractivity contribution in [2.24, 2.45) is 40.9 Å². The Morgan fingerprint density at radius 3 is 2.34 bits per heavy atom. The Bertz CT molecular complexity index is 647. The molecule has 0 amide bonds. The minimum atomic E-state index is -4.14. The molecule has 4 nitrogen and oxygen atoms in total. The lowest BCUT2D eigenvalue weighted by atomic mass is 9.50. The van der Waals surface area contributed by atoms with E-state index in [9.17, 15) is 13.2 Å². The molecule has 0 aromatic rings. The molecule has 7 unspecified atom stereocenters. The molecular formula is C23H42O4S2. The molecule has 3 saturated carbocycles. The van der Waals surface area contributed by atoms with Gasteiger partial charge in [0.2, 0.25) is 0 Å². The van der Waals surface area contributed by atoms with Gasteiger partial charge in [0.05, 0.1) is 5.75 Å². The van der Waals surface area contributed by atoms with Crippen LogP contribution in [-0.2, 0) is 13.9 Å². The van der Waals surface area contributed by atoms with Crippen LogP contribution in [0.4, 0.5) is 0 Å². The van der Waals surface area contributed by atoms with E-state index in [0.29, 0.717) is 16.7 Å². The van der Waals surface area contributed by atoms with Gasteiger partial charge in [0, 0.05) is 16.7 Å². The van der Waals surface area contributed by atoms with E-state index in [-0.39, 0.29) is 22.9 Å². The largest absolute Gasteiger partial charge is 0.320 e. The van der Waals surface area contributed by atoms with Crippen molar-refractivity contribution in [2.45, 2.75) is 92.4 Å². The second-order valence-electron chi connectivity index (χ2n) is 9.46. The number of fused-ring (bicyclic) bond motifs is 3. The fourth-order valence-electron chi connectivity index (χ4n) is 7.29. The van der Waals surface area contributed by atoms with Crippen molar-refractivity contribution in [1.29, 1.82) is 0 Å². The number of carbonyl (C=O) groups is 1. The standard InChI is InChI=1S/C21H36O4S2.C2H6/c1-4-6-15-14(5-2)7-8-17-16(15)11-12-21(3)18(17)9-10-19(21)20(22)13-26-27(23,24)25;1-2/h14-19H,4-13H2,1-3H3,(H,23,24,25);1-2H3. The lowest BCUT2D eigenvalue weighted by Gasteiger charge is -2.54. The van der Waals surface area contributed by atoms with Crippen molar-refractivity contribution in [2.75, 3.05) is 5.75 Å². The summed E-state index contributed by atoms with van der Waals surface area (Å²) in [5.41, 5.74) is 0.0217. The maximum atomic E-state index is 12.8. The quantitative estimate of drug-likeness (QED) is 0.361. The number of ketones is 1. The van der Waals surface area contributed by atoms with E-state index in [1.807, 2.05) is 13.8 Å². The van der Waals surface area contributed by atoms with Crippen LogP contribution in [0.2, 0.25) is 0 Å². The van der Waals surface area contributed by atoms with E-state index >= 15 is 0 Å². The smallest absolute Gasteiger partial charge is 0.298 e. The van der Waals surface area contributed by atoms with Crippen LogP contribution in [0.5, 0.6) is 0 Å². The summed E-state index contributed by atoms with van der Waals surface area (Å²) in [6, 6.07) is 0. The van der Waals surface area contributed by atoms with Crippen molar-refractivity contribution in [3.05, 3.63) is 0 Å². The minimum absolute atomic E-state index is 0.0217. The zero-order valence-electron chi connectivity index (χ0n) is 19.0. The molecule has 3 aliphatic rings. The third-order valence-corrected chi connectivity index (χ3v) is 10.4. The van der Waals surface area contributed by atoms with Gasteiger partial charge in [0.25, 0.3) is 0 Å². The molecule has 0 radical (unpaired) electrons. The molecule has 0 spiro atoms. The second-order valence-corrected chi connectivity index (χ2v) is 12.8. The molecule has 6 heteroatoms. The molecule has 3 aliphatic carbocycles. The van der Waals surface area contributed by atoms with Crippen molar-refractivity contribution in [1.82, 2.24) is 0 Å². The van der Waals surface area contributed by atoms with Crippen LogP contribution in [-0.4, -0.2) is 24.5 Å². The van der Waals surface area contributed by atoms with Crippen molar-refractivity contribution >= 4 is 25.7 Å². The third-order valence-electron chi connectivity index (χ3n) is 8.40. The molecule has 170 valence electrons. The molecule has 0 bridgehead atoms. The van der Waals surface area contributed by atoms with Crippen LogP contribution >= 0.6 is 10.8 Å². The van der Waals surface area contributed by atoms with Gasteiger partial charge in [0.1, 0.15) is 5.78 Å². The first kappa shape index (κ1) is 25.2. The van der Waals surface area contributed by atoms with Gasteiger partial charge in [0.15, 0.2) is 0 Å². The summed E-state index contributed by atoms with van der Waals surface area (Å²) in [4.78, 5) is 12.8. The van der Waals surface area contributed by atoms with Crippen LogP contribution in [0.3, 0.4) is 0 Å². The van der Waals surface area contributed by atoms with Crippen LogP contribution in [0, 0.1) is 40.9 Å². The highest BCUT2D eigenvalue weighted by Crippen LogP contribution is 2.63. The van der Waals surface area contributed by atoms with Gasteiger partial charge in [-0.15, -0.1) is 0 Å². The lowest BCUT2D eigenvalue weighted by Crippen LogP contribution is -2.48. The lowest BCUT2D eigenvalue weighted by molar-refractivity contribution is -0.127. The number of hydrogen-bond acceptors (Lipinski definition) is 4. The maximum Gasteiger partial charge on any atom is 0.320 e. The van der Waals surface area contributed by atoms with Gasteiger partial charge < -0.3 is 0 Å². The van der Waals surface area contributed by atoms with Crippen LogP contribution in [0.25, 0.3) is 0 Å². The van der Waals surface area contributed by atoms with E-state index in [2.05, 4.69) is 20.8 Å². The first-order chi connectivity index (χ1) is 13.7. The van der Waals surface area contributed by atoms with Gasteiger partial charge in [-0.2, -0.15) is 8.42 Å². The first-order valence-corrected chi connectivity index (χ1v) is 14.8. The van der Waals surface area contributed by atoms with Crippen molar-refractivity contribution < 1.29 is 17.8 Å². The highest BCUT2D eigenvalue weighted by molar-refractivity contribution is 8.70. The molecule has 3 fully saturated rings. The zero-order chi connectivity index (χ0) is 21.8. The molecular weight excluding hydrogens is 404 g/mol. The Labute approximate surface area is 182 Å². The van der Waals surface area contributed by atoms with E-state index in [1.165, 1.54) is 38.5 Å². The number of Topliss-reactive ketones (excluding diaryl/α,β-unsaturated/α-hetero) is 1. The summed E-state index contributed by atoms with van der Waals surface area (Å²) in [7, 11) is -3.77. The number of rotatable bonds is 7. The number of carbonyl (C=O) groups excluding carboxylic acids is 1. The monoisotopic (exact) mass is 446 g/mol. The minimum Gasteiger partial charge on any atom is -0.298 e. The predicted molar refractivity (Wildman–Crippen MR) is 122 cm³/mol. The summed E-state index contributed by atoms with van der Waals surface area (Å²) in [5.74, 6) is 3.78. The third kappa shape index (κ3) is 5.41. The zero-order valence-corrected chi connectivity index (χ0v) is 20.7. The van der Waals surface area contributed by atoms with Gasteiger partial charge in [-0.05, 0) is 73.5 Å². The Morgan fingerprint density at radius 1 is 1.07 bits per heavy atom. The van der Waals surface area contributed by atoms with Gasteiger partial charge in [-0.25, -0.2) is 0 Å². The molecule has 0 aliphatic heterocycles. The van der Waals surface area contributed by atoms with Gasteiger partial charge in [-0.3, -0.25) is 9.35 Å². The Kier molecular flexibility index (Phi) is 9.12. The SMILES string of the molecule is CC.CCCC1C(CC)CCC2C1CCC1(C)C(C(=O)CSS(=O)(=O)O)CCC21. The Hall–Kier alpha value is -0.0700. The molecule has 0 heterocycles. The van der Waals surface area contributed by atoms with E-state index < -0.39 is 9.15 Å². The van der Waals surface area contributed by atoms with Gasteiger partial charge >= 0.3 is 9.15 Å². The average molecular weight is 447 g/mol. The van der Waals surface area contributed by atoms with E-state index in [1.54, 1.807) is 0 Å². The second kappa shape index (κ2) is 10.5. The first-order valence-electron chi connectivity index (χ1n) is 11.9. The fourth-order valence-corrected chi connectivity index (χ4v) is 8.55. The molecule has 3 rings (SSSR count). The van der Waals surface area contributed by atoms with Crippen molar-refractivity contribution in [3.8, 4) is 0 Å². The summed E-state index contributed by atoms with van der Waals surface area (Å²) in [6.07, 6.45) is 10.9. The molecule has 1 N–H and O–H groups in total. The van der Waals surface area contributed by atoms with Crippen LogP contribution < -0.4 is 0 Å². The molecule has 0 saturated heterocycles. The summed E-state index contributed by atoms with van der Waals surface area (Å²) >= 11 is 0. The highest BCUT2D eigenvalue weighted by atomic mass is 33.1. The molecule has 0 aromatic heterocycles. The average Bonchev–Trinajstić information content (AvgIpc) is 3.05. The highest BCUT2D eigenvalue weighted by Gasteiger charge is 2.57. The maximum absolute atomic E-state index is 12.8. The summed E-state index contributed by atoms with van der Waals surface area (Å²) in [6.45, 7) is 10.9. The predicted octanol–water partition coefficient (Wildman–Crippen LogP) is 6.41. The Morgan fingerprint density at radius 2 is 1.76 bits per heavy atom. The fraction of sp³-hybridized carbons (Fsp3) is 0.957. The molecule has 29 heavy (non-hydrogen) atoms. The van der Waals surface area contributed by atoms with E-state index in [4.69, 9.17) is 4.55 Å². The topological polar surface area (TPSA) is 71.4 Å². The molecule has 0 aromatic carbocycles. The van der Waals surface area contributed by atoms with E-state index in [0.717, 1.165) is 42.9 Å². The molecule has 7 atom stereocenters. The Balaban J connectivity index is 0.00000145.